The summed E-state index contributed by atoms with van der Waals surface area (Å²) >= 11 is 5.71. The average Bonchev–Trinajstić information content (AvgIpc) is 2.40. The Hall–Kier alpha value is -2.28. The Morgan fingerprint density at radius 1 is 1.33 bits per heavy atom. The number of pyridine rings is 1. The van der Waals surface area contributed by atoms with Crippen LogP contribution in [0.1, 0.15) is 5.69 Å². The van der Waals surface area contributed by atoms with Gasteiger partial charge in [0.1, 0.15) is 11.5 Å². The molecule has 7 nitrogen and oxygen atoms in total. The molecule has 0 saturated carbocycles. The van der Waals surface area contributed by atoms with Crippen LogP contribution in [0.15, 0.2) is 30.9 Å². The minimum absolute atomic E-state index is 0.0598. The molecule has 0 atom stereocenters. The molecule has 0 fully saturated rings. The molecule has 0 bridgehead atoms. The van der Waals surface area contributed by atoms with Gasteiger partial charge in [-0.25, -0.2) is 4.98 Å². The summed E-state index contributed by atoms with van der Waals surface area (Å²) in [6.45, 7) is 0. The van der Waals surface area contributed by atoms with Crippen LogP contribution in [-0.4, -0.2) is 19.9 Å². The van der Waals surface area contributed by atoms with Crippen molar-refractivity contribution < 1.29 is 4.92 Å². The first-order valence-corrected chi connectivity index (χ1v) is 5.47. The van der Waals surface area contributed by atoms with Crippen molar-refractivity contribution in [1.29, 1.82) is 0 Å². The fourth-order valence-electron chi connectivity index (χ4n) is 1.37. The van der Waals surface area contributed by atoms with Gasteiger partial charge in [0, 0.05) is 24.7 Å². The Labute approximate surface area is 107 Å². The lowest BCUT2D eigenvalue weighted by molar-refractivity contribution is -0.384. The maximum absolute atomic E-state index is 10.9. The van der Waals surface area contributed by atoms with Crippen molar-refractivity contribution in [3.05, 3.63) is 46.7 Å². The second kappa shape index (κ2) is 5.37. The molecule has 1 N–H and O–H groups in total. The Morgan fingerprint density at radius 2 is 2.17 bits per heavy atom. The van der Waals surface area contributed by atoms with Crippen LogP contribution in [-0.2, 0) is 5.88 Å². The number of nitrogens with zero attached hydrogens (tertiary/aromatic N) is 4. The highest BCUT2D eigenvalue weighted by Gasteiger charge is 2.18. The molecular weight excluding hydrogens is 258 g/mol. The molecular formula is C10H8ClN5O2. The van der Waals surface area contributed by atoms with Crippen molar-refractivity contribution >= 4 is 28.8 Å². The summed E-state index contributed by atoms with van der Waals surface area (Å²) in [4.78, 5) is 22.3. The molecule has 2 heterocycles. The van der Waals surface area contributed by atoms with Gasteiger partial charge >= 0.3 is 0 Å². The Kier molecular flexibility index (Phi) is 3.63. The third kappa shape index (κ3) is 2.51. The number of rotatable bonds is 4. The third-order valence-electron chi connectivity index (χ3n) is 2.15. The van der Waals surface area contributed by atoms with E-state index in [0.717, 1.165) is 0 Å². The maximum Gasteiger partial charge on any atom is 0.296 e. The molecule has 0 unspecified atom stereocenters. The van der Waals surface area contributed by atoms with Gasteiger partial charge in [0.2, 0.25) is 0 Å². The van der Waals surface area contributed by atoms with Gasteiger partial charge in [0.05, 0.1) is 22.7 Å². The summed E-state index contributed by atoms with van der Waals surface area (Å²) in [6, 6.07) is 1.30. The molecule has 92 valence electrons. The van der Waals surface area contributed by atoms with Gasteiger partial charge in [-0.15, -0.1) is 11.6 Å². The van der Waals surface area contributed by atoms with E-state index in [-0.39, 0.29) is 17.3 Å². The largest absolute Gasteiger partial charge is 0.332 e. The molecule has 18 heavy (non-hydrogen) atoms. The summed E-state index contributed by atoms with van der Waals surface area (Å²) in [5, 5.41) is 13.7. The topological polar surface area (TPSA) is 93.8 Å². The molecule has 2 aromatic heterocycles. The van der Waals surface area contributed by atoms with Crippen molar-refractivity contribution in [2.75, 3.05) is 5.32 Å². The van der Waals surface area contributed by atoms with E-state index in [0.29, 0.717) is 11.5 Å². The summed E-state index contributed by atoms with van der Waals surface area (Å²) in [7, 11) is 0. The van der Waals surface area contributed by atoms with E-state index >= 15 is 0 Å². The monoisotopic (exact) mass is 265 g/mol. The minimum atomic E-state index is -0.504. The van der Waals surface area contributed by atoms with Crippen LogP contribution in [0.3, 0.4) is 0 Å². The van der Waals surface area contributed by atoms with E-state index in [4.69, 9.17) is 11.6 Å². The number of anilines is 2. The lowest BCUT2D eigenvalue weighted by Gasteiger charge is -2.08. The number of aromatic nitrogens is 3. The van der Waals surface area contributed by atoms with Crippen molar-refractivity contribution in [2.45, 2.75) is 5.88 Å². The molecule has 0 aliphatic carbocycles. The predicted molar refractivity (Wildman–Crippen MR) is 65.8 cm³/mol. The molecule has 0 aliphatic rings. The normalized spacial score (nSPS) is 10.1. The van der Waals surface area contributed by atoms with Crippen molar-refractivity contribution in [2.24, 2.45) is 0 Å². The Balaban J connectivity index is 2.44. The van der Waals surface area contributed by atoms with Crippen LogP contribution < -0.4 is 5.32 Å². The third-order valence-corrected chi connectivity index (χ3v) is 2.40. The van der Waals surface area contributed by atoms with E-state index in [1.54, 1.807) is 0 Å². The van der Waals surface area contributed by atoms with Crippen LogP contribution in [0.5, 0.6) is 0 Å². The smallest absolute Gasteiger partial charge is 0.296 e. The maximum atomic E-state index is 10.9. The van der Waals surface area contributed by atoms with Crippen LogP contribution in [0.2, 0.25) is 0 Å². The zero-order valence-corrected chi connectivity index (χ0v) is 9.83. The van der Waals surface area contributed by atoms with Gasteiger partial charge in [-0.2, -0.15) is 0 Å². The van der Waals surface area contributed by atoms with Crippen molar-refractivity contribution in [3.8, 4) is 0 Å². The lowest BCUT2D eigenvalue weighted by Crippen LogP contribution is -2.03. The van der Waals surface area contributed by atoms with Gasteiger partial charge < -0.3 is 5.32 Å². The number of alkyl halides is 1. The van der Waals surface area contributed by atoms with E-state index in [1.807, 2.05) is 0 Å². The summed E-state index contributed by atoms with van der Waals surface area (Å²) < 4.78 is 0. The highest BCUT2D eigenvalue weighted by atomic mass is 35.5. The first kappa shape index (κ1) is 12.2. The van der Waals surface area contributed by atoms with E-state index in [1.165, 1.54) is 30.9 Å². The first-order chi connectivity index (χ1) is 8.72. The van der Waals surface area contributed by atoms with Gasteiger partial charge in [0.25, 0.3) is 5.69 Å². The van der Waals surface area contributed by atoms with Gasteiger partial charge in [-0.05, 0) is 0 Å². The fourth-order valence-corrected chi connectivity index (χ4v) is 1.58. The number of halogens is 1. The zero-order valence-electron chi connectivity index (χ0n) is 9.08. The molecule has 8 heteroatoms. The van der Waals surface area contributed by atoms with Crippen LogP contribution in [0, 0.1) is 10.1 Å². The van der Waals surface area contributed by atoms with Crippen LogP contribution in [0.25, 0.3) is 0 Å². The van der Waals surface area contributed by atoms with Gasteiger partial charge in [-0.1, -0.05) is 0 Å². The summed E-state index contributed by atoms with van der Waals surface area (Å²) in [5.74, 6) is 0.449. The quantitative estimate of drug-likeness (QED) is 0.518. The molecule has 2 rings (SSSR count). The zero-order chi connectivity index (χ0) is 13.0. The molecule has 0 saturated heterocycles. The van der Waals surface area contributed by atoms with Crippen molar-refractivity contribution in [1.82, 2.24) is 15.0 Å². The second-order valence-corrected chi connectivity index (χ2v) is 3.53. The van der Waals surface area contributed by atoms with E-state index in [9.17, 15) is 10.1 Å². The van der Waals surface area contributed by atoms with Gasteiger partial charge in [0.15, 0.2) is 0 Å². The van der Waals surface area contributed by atoms with Crippen LogP contribution >= 0.6 is 11.6 Å². The standard InChI is InChI=1S/C10H8ClN5O2/c11-5-7-10(8(16(17)18)1-2-13-7)15-9-6-12-3-4-14-9/h1-4,6H,5H2,(H,14,15). The predicted octanol–water partition coefficient (Wildman–Crippen LogP) is 2.26. The minimum Gasteiger partial charge on any atom is -0.332 e. The highest BCUT2D eigenvalue weighted by Crippen LogP contribution is 2.29. The van der Waals surface area contributed by atoms with Crippen LogP contribution in [0.4, 0.5) is 17.2 Å². The molecule has 0 aromatic carbocycles. The number of nitro groups is 1. The lowest BCUT2D eigenvalue weighted by atomic mass is 10.2. The summed E-state index contributed by atoms with van der Waals surface area (Å²) in [5.41, 5.74) is 0.515. The molecule has 2 aromatic rings. The Morgan fingerprint density at radius 3 is 2.78 bits per heavy atom. The Bertz CT molecular complexity index is 563. The van der Waals surface area contributed by atoms with Crippen molar-refractivity contribution in [3.63, 3.8) is 0 Å². The van der Waals surface area contributed by atoms with E-state index in [2.05, 4.69) is 20.3 Å². The first-order valence-electron chi connectivity index (χ1n) is 4.93. The number of hydrogen-bond donors (Lipinski definition) is 1. The average molecular weight is 266 g/mol. The molecule has 0 amide bonds. The molecule has 0 spiro atoms. The van der Waals surface area contributed by atoms with Gasteiger partial charge in [-0.3, -0.25) is 20.1 Å². The second-order valence-electron chi connectivity index (χ2n) is 3.26. The number of nitrogens with one attached hydrogen (secondary N) is 1. The highest BCUT2D eigenvalue weighted by molar-refractivity contribution is 6.17. The SMILES string of the molecule is O=[N+]([O-])c1ccnc(CCl)c1Nc1cnccn1. The summed E-state index contributed by atoms with van der Waals surface area (Å²) in [6.07, 6.45) is 5.78. The van der Waals surface area contributed by atoms with E-state index < -0.39 is 4.92 Å². The molecule has 0 radical (unpaired) electrons. The number of hydrogen-bond acceptors (Lipinski definition) is 6. The molecule has 0 aliphatic heterocycles. The fraction of sp³-hybridized carbons (Fsp3) is 0.100.